The summed E-state index contributed by atoms with van der Waals surface area (Å²) >= 11 is 0. The normalized spacial score (nSPS) is 16.6. The SMILES string of the molecule is N#CCC(c1ccccc1)N1CCn2cnnc2C1. The third-order valence-corrected chi connectivity index (χ3v) is 3.58. The monoisotopic (exact) mass is 253 g/mol. The van der Waals surface area contributed by atoms with E-state index in [-0.39, 0.29) is 6.04 Å². The summed E-state index contributed by atoms with van der Waals surface area (Å²) in [4.78, 5) is 2.31. The molecule has 96 valence electrons. The maximum atomic E-state index is 9.07. The fourth-order valence-electron chi connectivity index (χ4n) is 2.57. The van der Waals surface area contributed by atoms with Gasteiger partial charge in [0.05, 0.1) is 19.0 Å². The van der Waals surface area contributed by atoms with E-state index in [0.29, 0.717) is 6.42 Å². The molecule has 1 aromatic carbocycles. The highest BCUT2D eigenvalue weighted by Crippen LogP contribution is 2.27. The molecule has 3 rings (SSSR count). The number of nitriles is 1. The van der Waals surface area contributed by atoms with Gasteiger partial charge in [0.25, 0.3) is 0 Å². The van der Waals surface area contributed by atoms with Crippen LogP contribution in [0.4, 0.5) is 0 Å². The minimum Gasteiger partial charge on any atom is -0.315 e. The first-order valence-electron chi connectivity index (χ1n) is 6.41. The van der Waals surface area contributed by atoms with E-state index in [2.05, 4.69) is 37.9 Å². The summed E-state index contributed by atoms with van der Waals surface area (Å²) in [6, 6.07) is 12.6. The van der Waals surface area contributed by atoms with Crippen LogP contribution < -0.4 is 0 Å². The second-order valence-electron chi connectivity index (χ2n) is 4.70. The molecule has 0 radical (unpaired) electrons. The number of aromatic nitrogens is 3. The molecule has 1 aromatic heterocycles. The third kappa shape index (κ3) is 2.35. The number of nitrogens with zero attached hydrogens (tertiary/aromatic N) is 5. The van der Waals surface area contributed by atoms with Gasteiger partial charge in [-0.15, -0.1) is 10.2 Å². The lowest BCUT2D eigenvalue weighted by Crippen LogP contribution is -2.36. The fourth-order valence-corrected chi connectivity index (χ4v) is 2.57. The van der Waals surface area contributed by atoms with Crippen molar-refractivity contribution in [2.75, 3.05) is 6.54 Å². The van der Waals surface area contributed by atoms with Crippen molar-refractivity contribution >= 4 is 0 Å². The van der Waals surface area contributed by atoms with Crippen molar-refractivity contribution in [1.29, 1.82) is 5.26 Å². The average Bonchev–Trinajstić information content (AvgIpc) is 2.93. The van der Waals surface area contributed by atoms with E-state index in [0.717, 1.165) is 25.5 Å². The molecule has 0 N–H and O–H groups in total. The lowest BCUT2D eigenvalue weighted by atomic mass is 10.0. The van der Waals surface area contributed by atoms with E-state index in [1.54, 1.807) is 6.33 Å². The second-order valence-corrected chi connectivity index (χ2v) is 4.70. The van der Waals surface area contributed by atoms with Gasteiger partial charge in [0.15, 0.2) is 0 Å². The Hall–Kier alpha value is -2.19. The summed E-state index contributed by atoms with van der Waals surface area (Å²) in [7, 11) is 0. The maximum Gasteiger partial charge on any atom is 0.147 e. The predicted molar refractivity (Wildman–Crippen MR) is 69.8 cm³/mol. The Bertz CT molecular complexity index is 583. The highest BCUT2D eigenvalue weighted by Gasteiger charge is 2.25. The van der Waals surface area contributed by atoms with Crippen molar-refractivity contribution in [3.05, 3.63) is 48.0 Å². The van der Waals surface area contributed by atoms with Crippen molar-refractivity contribution in [2.24, 2.45) is 0 Å². The van der Waals surface area contributed by atoms with Gasteiger partial charge in [-0.2, -0.15) is 5.26 Å². The van der Waals surface area contributed by atoms with Gasteiger partial charge in [-0.25, -0.2) is 0 Å². The van der Waals surface area contributed by atoms with Crippen LogP contribution in [0.5, 0.6) is 0 Å². The Morgan fingerprint density at radius 3 is 2.89 bits per heavy atom. The van der Waals surface area contributed by atoms with Gasteiger partial charge < -0.3 is 4.57 Å². The first kappa shape index (κ1) is 11.9. The minimum absolute atomic E-state index is 0.136. The van der Waals surface area contributed by atoms with E-state index in [1.165, 1.54) is 5.56 Å². The molecule has 5 heteroatoms. The quantitative estimate of drug-likeness (QED) is 0.836. The van der Waals surface area contributed by atoms with Crippen LogP contribution in [0.2, 0.25) is 0 Å². The molecular weight excluding hydrogens is 238 g/mol. The Morgan fingerprint density at radius 2 is 2.11 bits per heavy atom. The van der Waals surface area contributed by atoms with Crippen LogP contribution in [0.1, 0.15) is 23.9 Å². The Balaban J connectivity index is 1.85. The summed E-state index contributed by atoms with van der Waals surface area (Å²) in [5, 5.41) is 17.1. The number of hydrogen-bond acceptors (Lipinski definition) is 4. The van der Waals surface area contributed by atoms with E-state index in [4.69, 9.17) is 5.26 Å². The topological polar surface area (TPSA) is 57.7 Å². The summed E-state index contributed by atoms with van der Waals surface area (Å²) < 4.78 is 2.07. The second kappa shape index (κ2) is 5.21. The minimum atomic E-state index is 0.136. The van der Waals surface area contributed by atoms with Crippen LogP contribution in [-0.2, 0) is 13.1 Å². The summed E-state index contributed by atoms with van der Waals surface area (Å²) in [6.45, 7) is 2.56. The van der Waals surface area contributed by atoms with Gasteiger partial charge in [-0.05, 0) is 5.56 Å². The van der Waals surface area contributed by atoms with Crippen molar-refractivity contribution in [2.45, 2.75) is 25.6 Å². The molecule has 0 aliphatic carbocycles. The Morgan fingerprint density at radius 1 is 1.26 bits per heavy atom. The van der Waals surface area contributed by atoms with Gasteiger partial charge in [0.2, 0.25) is 0 Å². The Kier molecular flexibility index (Phi) is 3.25. The van der Waals surface area contributed by atoms with Gasteiger partial charge in [-0.1, -0.05) is 30.3 Å². The molecule has 2 aromatic rings. The molecule has 1 unspecified atom stereocenters. The zero-order valence-electron chi connectivity index (χ0n) is 10.6. The number of hydrogen-bond donors (Lipinski definition) is 0. The number of benzene rings is 1. The maximum absolute atomic E-state index is 9.07. The van der Waals surface area contributed by atoms with Gasteiger partial charge in [0.1, 0.15) is 12.2 Å². The molecule has 5 nitrogen and oxygen atoms in total. The van der Waals surface area contributed by atoms with Crippen molar-refractivity contribution in [1.82, 2.24) is 19.7 Å². The molecule has 1 atom stereocenters. The summed E-state index contributed by atoms with van der Waals surface area (Å²) in [6.07, 6.45) is 2.27. The first-order valence-corrected chi connectivity index (χ1v) is 6.41. The average molecular weight is 253 g/mol. The standard InChI is InChI=1S/C14H15N5/c15-7-6-13(12-4-2-1-3-5-12)18-8-9-19-11-16-17-14(19)10-18/h1-5,11,13H,6,8-10H2. The van der Waals surface area contributed by atoms with Crippen molar-refractivity contribution < 1.29 is 0 Å². The summed E-state index contributed by atoms with van der Waals surface area (Å²) in [5.41, 5.74) is 1.19. The molecule has 0 bridgehead atoms. The van der Waals surface area contributed by atoms with Gasteiger partial charge >= 0.3 is 0 Å². The van der Waals surface area contributed by atoms with Crippen LogP contribution in [0.25, 0.3) is 0 Å². The lowest BCUT2D eigenvalue weighted by molar-refractivity contribution is 0.154. The largest absolute Gasteiger partial charge is 0.315 e. The number of rotatable bonds is 3. The molecule has 1 aliphatic rings. The van der Waals surface area contributed by atoms with Crippen molar-refractivity contribution in [3.63, 3.8) is 0 Å². The van der Waals surface area contributed by atoms with E-state index >= 15 is 0 Å². The molecule has 0 fully saturated rings. The molecule has 2 heterocycles. The van der Waals surface area contributed by atoms with Crippen LogP contribution in [0.3, 0.4) is 0 Å². The third-order valence-electron chi connectivity index (χ3n) is 3.58. The van der Waals surface area contributed by atoms with Gasteiger partial charge in [-0.3, -0.25) is 4.90 Å². The molecule has 0 spiro atoms. The van der Waals surface area contributed by atoms with Crippen LogP contribution in [-0.4, -0.2) is 26.2 Å². The smallest absolute Gasteiger partial charge is 0.147 e. The predicted octanol–water partition coefficient (Wildman–Crippen LogP) is 1.75. The van der Waals surface area contributed by atoms with E-state index in [1.807, 2.05) is 18.2 Å². The Labute approximate surface area is 112 Å². The molecule has 0 saturated heterocycles. The van der Waals surface area contributed by atoms with Crippen molar-refractivity contribution in [3.8, 4) is 6.07 Å². The van der Waals surface area contributed by atoms with Gasteiger partial charge in [0, 0.05) is 19.1 Å². The molecule has 0 amide bonds. The van der Waals surface area contributed by atoms with E-state index < -0.39 is 0 Å². The highest BCUT2D eigenvalue weighted by molar-refractivity contribution is 5.20. The zero-order chi connectivity index (χ0) is 13.1. The first-order chi connectivity index (χ1) is 9.38. The van der Waals surface area contributed by atoms with E-state index in [9.17, 15) is 0 Å². The fraction of sp³-hybridized carbons (Fsp3) is 0.357. The molecule has 19 heavy (non-hydrogen) atoms. The highest BCUT2D eigenvalue weighted by atomic mass is 15.3. The number of fused-ring (bicyclic) bond motifs is 1. The molecular formula is C14H15N5. The van der Waals surface area contributed by atoms with Crippen LogP contribution in [0.15, 0.2) is 36.7 Å². The van der Waals surface area contributed by atoms with Crippen LogP contribution >= 0.6 is 0 Å². The zero-order valence-corrected chi connectivity index (χ0v) is 10.6. The summed E-state index contributed by atoms with van der Waals surface area (Å²) in [5.74, 6) is 0.977. The molecule has 1 aliphatic heterocycles. The lowest BCUT2D eigenvalue weighted by Gasteiger charge is -2.33. The molecule has 0 saturated carbocycles. The van der Waals surface area contributed by atoms with Crippen LogP contribution in [0, 0.1) is 11.3 Å².